The Balaban J connectivity index is 2.36. The van der Waals surface area contributed by atoms with Crippen LogP contribution in [-0.2, 0) is 0 Å². The summed E-state index contributed by atoms with van der Waals surface area (Å²) in [5, 5.41) is 14.0. The molecule has 1 aromatic heterocycles. The van der Waals surface area contributed by atoms with Crippen molar-refractivity contribution in [2.45, 2.75) is 10.1 Å². The van der Waals surface area contributed by atoms with Crippen LogP contribution < -0.4 is 5.32 Å². The number of nitro groups is 1. The highest BCUT2D eigenvalue weighted by Crippen LogP contribution is 2.33. The normalized spacial score (nSPS) is 10.2. The van der Waals surface area contributed by atoms with Crippen LogP contribution >= 0.6 is 23.4 Å². The number of para-hydroxylation sites is 1. The summed E-state index contributed by atoms with van der Waals surface area (Å²) in [4.78, 5) is 22.7. The van der Waals surface area contributed by atoms with Gasteiger partial charge in [-0.05, 0) is 29.4 Å². The van der Waals surface area contributed by atoms with Crippen molar-refractivity contribution < 1.29 is 4.92 Å². The number of anilines is 1. The number of nitro benzene ring substituents is 1. The minimum atomic E-state index is -0.454. The number of nitrogens with zero attached hydrogens (tertiary/aromatic N) is 4. The summed E-state index contributed by atoms with van der Waals surface area (Å²) in [6.45, 7) is 0. The maximum absolute atomic E-state index is 10.9. The molecule has 0 aliphatic rings. The Labute approximate surface area is 117 Å². The molecule has 0 unspecified atom stereocenters. The van der Waals surface area contributed by atoms with Crippen molar-refractivity contribution in [3.8, 4) is 0 Å². The average Bonchev–Trinajstić information content (AvgIpc) is 2.38. The van der Waals surface area contributed by atoms with E-state index >= 15 is 0 Å². The fourth-order valence-corrected chi connectivity index (χ4v) is 2.35. The highest BCUT2D eigenvalue weighted by Gasteiger charge is 2.15. The Kier molecular flexibility index (Phi) is 4.13. The first-order valence-corrected chi connectivity index (χ1v) is 6.30. The first-order valence-electron chi connectivity index (χ1n) is 5.10. The minimum absolute atomic E-state index is 0.00459. The molecule has 98 valence electrons. The summed E-state index contributed by atoms with van der Waals surface area (Å²) < 4.78 is 0. The number of hydrogen-bond acceptors (Lipinski definition) is 7. The lowest BCUT2D eigenvalue weighted by molar-refractivity contribution is -0.387. The first kappa shape index (κ1) is 13.5. The maximum Gasteiger partial charge on any atom is 0.283 e. The van der Waals surface area contributed by atoms with Crippen molar-refractivity contribution in [1.82, 2.24) is 15.0 Å². The Bertz CT molecular complexity index is 625. The van der Waals surface area contributed by atoms with Crippen molar-refractivity contribution in [3.63, 3.8) is 0 Å². The minimum Gasteiger partial charge on any atom is -0.357 e. The smallest absolute Gasteiger partial charge is 0.283 e. The molecule has 2 aromatic rings. The van der Waals surface area contributed by atoms with Gasteiger partial charge in [0.25, 0.3) is 5.69 Å². The van der Waals surface area contributed by atoms with Gasteiger partial charge in [0.1, 0.15) is 0 Å². The number of aromatic nitrogens is 3. The van der Waals surface area contributed by atoms with Crippen LogP contribution in [0.25, 0.3) is 0 Å². The van der Waals surface area contributed by atoms with Gasteiger partial charge in [-0.3, -0.25) is 10.1 Å². The SMILES string of the molecule is CNc1nc(Cl)nc(Sc2ccccc2[N+](=O)[O-])n1. The van der Waals surface area contributed by atoms with Crippen molar-refractivity contribution in [3.05, 3.63) is 39.7 Å². The molecule has 9 heteroatoms. The molecular formula is C10H8ClN5O2S. The second-order valence-electron chi connectivity index (χ2n) is 3.29. The third-order valence-corrected chi connectivity index (χ3v) is 3.17. The van der Waals surface area contributed by atoms with Crippen LogP contribution in [0.3, 0.4) is 0 Å². The largest absolute Gasteiger partial charge is 0.357 e. The number of hydrogen-bond donors (Lipinski definition) is 1. The Morgan fingerprint density at radius 2 is 2.05 bits per heavy atom. The standard InChI is InChI=1S/C10H8ClN5O2S/c1-12-9-13-8(11)14-10(15-9)19-7-5-3-2-4-6(7)16(17)18/h2-5H,1H3,(H,12,13,14,15). The van der Waals surface area contributed by atoms with Crippen LogP contribution in [0.1, 0.15) is 0 Å². The molecule has 0 fully saturated rings. The number of halogens is 1. The van der Waals surface area contributed by atoms with E-state index in [1.54, 1.807) is 25.2 Å². The molecule has 19 heavy (non-hydrogen) atoms. The highest BCUT2D eigenvalue weighted by atomic mass is 35.5. The van der Waals surface area contributed by atoms with Gasteiger partial charge in [0.15, 0.2) is 5.16 Å². The molecule has 0 saturated heterocycles. The van der Waals surface area contributed by atoms with Crippen molar-refractivity contribution in [1.29, 1.82) is 0 Å². The van der Waals surface area contributed by atoms with Crippen molar-refractivity contribution in [2.24, 2.45) is 0 Å². The van der Waals surface area contributed by atoms with E-state index in [2.05, 4.69) is 20.3 Å². The van der Waals surface area contributed by atoms with Gasteiger partial charge in [-0.25, -0.2) is 0 Å². The van der Waals surface area contributed by atoms with E-state index in [1.807, 2.05) is 0 Å². The zero-order valence-electron chi connectivity index (χ0n) is 9.70. The fourth-order valence-electron chi connectivity index (χ4n) is 1.28. The first-order chi connectivity index (χ1) is 9.10. The van der Waals surface area contributed by atoms with Crippen LogP contribution in [-0.4, -0.2) is 26.9 Å². The lowest BCUT2D eigenvalue weighted by Crippen LogP contribution is -2.00. The van der Waals surface area contributed by atoms with E-state index in [0.29, 0.717) is 16.0 Å². The second kappa shape index (κ2) is 5.81. The van der Waals surface area contributed by atoms with Gasteiger partial charge in [-0.1, -0.05) is 12.1 Å². The number of rotatable bonds is 4. The summed E-state index contributed by atoms with van der Waals surface area (Å²) in [5.41, 5.74) is -0.00459. The Morgan fingerprint density at radius 1 is 1.32 bits per heavy atom. The molecule has 1 N–H and O–H groups in total. The van der Waals surface area contributed by atoms with E-state index in [1.165, 1.54) is 6.07 Å². The predicted molar refractivity (Wildman–Crippen MR) is 71.6 cm³/mol. The van der Waals surface area contributed by atoms with Crippen LogP contribution in [0.15, 0.2) is 34.3 Å². The molecule has 1 heterocycles. The summed E-state index contributed by atoms with van der Waals surface area (Å²) in [5.74, 6) is 0.307. The molecule has 0 bridgehead atoms. The van der Waals surface area contributed by atoms with E-state index in [0.717, 1.165) is 11.8 Å². The molecule has 0 aliphatic heterocycles. The van der Waals surface area contributed by atoms with Crippen LogP contribution in [0.2, 0.25) is 5.28 Å². The van der Waals surface area contributed by atoms with Crippen molar-refractivity contribution >= 4 is 35.0 Å². The summed E-state index contributed by atoms with van der Waals surface area (Å²) in [6, 6.07) is 6.35. The van der Waals surface area contributed by atoms with E-state index in [-0.39, 0.29) is 11.0 Å². The van der Waals surface area contributed by atoms with E-state index < -0.39 is 4.92 Å². The van der Waals surface area contributed by atoms with Gasteiger partial charge in [-0.2, -0.15) is 15.0 Å². The number of nitrogens with one attached hydrogen (secondary N) is 1. The maximum atomic E-state index is 10.9. The van der Waals surface area contributed by atoms with Gasteiger partial charge in [-0.15, -0.1) is 0 Å². The second-order valence-corrected chi connectivity index (χ2v) is 4.63. The monoisotopic (exact) mass is 297 g/mol. The number of benzene rings is 1. The Morgan fingerprint density at radius 3 is 2.74 bits per heavy atom. The molecule has 7 nitrogen and oxygen atoms in total. The molecule has 0 atom stereocenters. The molecule has 2 rings (SSSR count). The van der Waals surface area contributed by atoms with Gasteiger partial charge >= 0.3 is 0 Å². The molecule has 1 aromatic carbocycles. The lowest BCUT2D eigenvalue weighted by atomic mass is 10.3. The van der Waals surface area contributed by atoms with Crippen LogP contribution in [0.5, 0.6) is 0 Å². The fraction of sp³-hybridized carbons (Fsp3) is 0.100. The van der Waals surface area contributed by atoms with Gasteiger partial charge in [0.2, 0.25) is 11.2 Å². The van der Waals surface area contributed by atoms with Crippen LogP contribution in [0.4, 0.5) is 11.6 Å². The Hall–Kier alpha value is -1.93. The summed E-state index contributed by atoms with van der Waals surface area (Å²) >= 11 is 6.81. The quantitative estimate of drug-likeness (QED) is 0.684. The highest BCUT2D eigenvalue weighted by molar-refractivity contribution is 7.99. The lowest BCUT2D eigenvalue weighted by Gasteiger charge is -2.03. The molecule has 0 radical (unpaired) electrons. The molecule has 0 spiro atoms. The zero-order valence-corrected chi connectivity index (χ0v) is 11.3. The van der Waals surface area contributed by atoms with Gasteiger partial charge in [0, 0.05) is 13.1 Å². The topological polar surface area (TPSA) is 93.8 Å². The molecular weight excluding hydrogens is 290 g/mol. The molecule has 0 saturated carbocycles. The summed E-state index contributed by atoms with van der Waals surface area (Å²) in [7, 11) is 1.64. The molecule has 0 aliphatic carbocycles. The molecule has 0 amide bonds. The predicted octanol–water partition coefficient (Wildman–Crippen LogP) is 2.63. The van der Waals surface area contributed by atoms with E-state index in [9.17, 15) is 10.1 Å². The van der Waals surface area contributed by atoms with E-state index in [4.69, 9.17) is 11.6 Å². The zero-order chi connectivity index (χ0) is 13.8. The van der Waals surface area contributed by atoms with Crippen LogP contribution in [0, 0.1) is 10.1 Å². The third kappa shape index (κ3) is 3.30. The van der Waals surface area contributed by atoms with Gasteiger partial charge < -0.3 is 5.32 Å². The van der Waals surface area contributed by atoms with Gasteiger partial charge in [0.05, 0.1) is 9.82 Å². The van der Waals surface area contributed by atoms with Crippen molar-refractivity contribution in [2.75, 3.05) is 12.4 Å². The average molecular weight is 298 g/mol. The third-order valence-electron chi connectivity index (χ3n) is 2.07. The summed E-state index contributed by atoms with van der Waals surface area (Å²) in [6.07, 6.45) is 0.